The van der Waals surface area contributed by atoms with Crippen LogP contribution >= 0.6 is 0 Å². The number of rotatable bonds is 6. The molecule has 43 heavy (non-hydrogen) atoms. The van der Waals surface area contributed by atoms with Crippen LogP contribution in [0.15, 0.2) is 0 Å². The number of aliphatic hydroxyl groups excluding tert-OH is 5. The maximum atomic E-state index is 12.6. The molecule has 0 aromatic rings. The Hall–Kier alpha value is -1.14. The minimum absolute atomic E-state index is 0.00934. The third kappa shape index (κ3) is 4.93. The lowest BCUT2D eigenvalue weighted by atomic mass is 9.44. The summed E-state index contributed by atoms with van der Waals surface area (Å²) in [6.07, 6.45) is -1.35. The van der Waals surface area contributed by atoms with Crippen LogP contribution < -0.4 is 0 Å². The topological polar surface area (TPSA) is 163 Å². The van der Waals surface area contributed by atoms with Gasteiger partial charge in [-0.1, -0.05) is 27.7 Å². The Bertz CT molecular complexity index is 1060. The van der Waals surface area contributed by atoms with E-state index >= 15 is 0 Å². The summed E-state index contributed by atoms with van der Waals surface area (Å²) in [5.41, 5.74) is 0.0949. The number of carbonyl (C=O) groups excluding carboxylic acids is 2. The molecule has 6 rings (SSSR count). The van der Waals surface area contributed by atoms with E-state index in [0.29, 0.717) is 48.3 Å². The zero-order chi connectivity index (χ0) is 31.1. The number of aldehydes is 1. The van der Waals surface area contributed by atoms with E-state index in [2.05, 4.69) is 27.7 Å². The third-order valence-electron chi connectivity index (χ3n) is 13.6. The predicted molar refractivity (Wildman–Crippen MR) is 153 cm³/mol. The van der Waals surface area contributed by atoms with Crippen molar-refractivity contribution in [1.29, 1.82) is 0 Å². The SMILES string of the molecule is C[C@@H]1CC[C@@]2(OC1)OC1C[C@H]3C4CC[C@H]5C[C@@H](OC(=O)[C@@H](O)[C@@H](O)[C@H](O)[C@@H](O)C=O)[C@H](O)C[C@]5(C)C4CC[C@]3(C)C1[C@@H]2C. The zero-order valence-electron chi connectivity index (χ0n) is 26.0. The second-order valence-corrected chi connectivity index (χ2v) is 15.7. The summed E-state index contributed by atoms with van der Waals surface area (Å²) in [7, 11) is 0. The summed E-state index contributed by atoms with van der Waals surface area (Å²) in [4.78, 5) is 23.4. The summed E-state index contributed by atoms with van der Waals surface area (Å²) < 4.78 is 18.8. The van der Waals surface area contributed by atoms with Crippen molar-refractivity contribution in [2.75, 3.05) is 6.61 Å². The Balaban J connectivity index is 1.12. The number of fused-ring (bicyclic) bond motifs is 7. The van der Waals surface area contributed by atoms with Crippen molar-refractivity contribution in [3.63, 3.8) is 0 Å². The number of aliphatic hydroxyl groups is 5. The predicted octanol–water partition coefficient (Wildman–Crippen LogP) is 1.96. The molecule has 6 aliphatic rings. The van der Waals surface area contributed by atoms with Crippen LogP contribution in [0.25, 0.3) is 0 Å². The molecule has 4 saturated carbocycles. The Morgan fingerprint density at radius 3 is 2.37 bits per heavy atom. The lowest BCUT2D eigenvalue weighted by molar-refractivity contribution is -0.273. The molecule has 4 unspecified atom stereocenters. The first-order chi connectivity index (χ1) is 20.3. The molecule has 17 atom stereocenters. The standard InChI is InChI=1S/C33H52O10/c1-16-7-10-33(41-15-16)17(2)26-25(43-33)12-21-19-6-5-18-11-24(42-30(40)29(39)28(38)27(37)23(36)14-34)22(35)13-32(18,4)20(19)8-9-31(21,26)3/h14,16-29,35-39H,5-13,15H2,1-4H3/t16-,17+,18+,19?,20?,21+,22-,23+,24-,25?,26?,27-,28+,29+,31+,32+,33-/m1/s1. The normalized spacial score (nSPS) is 51.7. The first kappa shape index (κ1) is 31.8. The molecule has 10 nitrogen and oxygen atoms in total. The van der Waals surface area contributed by atoms with Crippen molar-refractivity contribution in [2.45, 2.75) is 134 Å². The summed E-state index contributed by atoms with van der Waals surface area (Å²) in [6.45, 7) is 10.2. The molecule has 5 N–H and O–H groups in total. The van der Waals surface area contributed by atoms with Gasteiger partial charge in [-0.15, -0.1) is 0 Å². The Morgan fingerprint density at radius 2 is 1.70 bits per heavy atom. The van der Waals surface area contributed by atoms with Crippen molar-refractivity contribution >= 4 is 12.3 Å². The van der Waals surface area contributed by atoms with E-state index in [-0.39, 0.29) is 29.1 Å². The summed E-state index contributed by atoms with van der Waals surface area (Å²) in [6, 6.07) is 0. The van der Waals surface area contributed by atoms with Gasteiger partial charge in [-0.3, -0.25) is 0 Å². The minimum Gasteiger partial charge on any atom is -0.458 e. The van der Waals surface area contributed by atoms with Gasteiger partial charge in [-0.25, -0.2) is 4.79 Å². The Kier molecular flexibility index (Phi) is 8.35. The number of hydrogen-bond donors (Lipinski definition) is 5. The molecule has 0 aromatic carbocycles. The molecule has 6 fully saturated rings. The van der Waals surface area contributed by atoms with E-state index in [0.717, 1.165) is 51.6 Å². The molecule has 2 aliphatic heterocycles. The minimum atomic E-state index is -2.16. The molecular weight excluding hydrogens is 556 g/mol. The second-order valence-electron chi connectivity index (χ2n) is 15.7. The van der Waals surface area contributed by atoms with Gasteiger partial charge in [0.1, 0.15) is 24.4 Å². The molecule has 10 heteroatoms. The van der Waals surface area contributed by atoms with E-state index in [9.17, 15) is 35.1 Å². The van der Waals surface area contributed by atoms with E-state index in [1.165, 1.54) is 0 Å². The first-order valence-corrected chi connectivity index (χ1v) is 16.6. The molecule has 1 spiro atoms. The highest BCUT2D eigenvalue weighted by molar-refractivity contribution is 5.75. The molecule has 244 valence electrons. The summed E-state index contributed by atoms with van der Waals surface area (Å²) in [5, 5.41) is 50.8. The monoisotopic (exact) mass is 608 g/mol. The smallest absolute Gasteiger partial charge is 0.338 e. The van der Waals surface area contributed by atoms with E-state index in [1.807, 2.05) is 0 Å². The van der Waals surface area contributed by atoms with Crippen molar-refractivity contribution in [3.8, 4) is 0 Å². The van der Waals surface area contributed by atoms with Gasteiger partial charge in [-0.05, 0) is 97.7 Å². The Labute approximate surface area is 254 Å². The van der Waals surface area contributed by atoms with Crippen LogP contribution in [-0.4, -0.2) is 92.9 Å². The van der Waals surface area contributed by atoms with E-state index in [1.54, 1.807) is 0 Å². The van der Waals surface area contributed by atoms with E-state index in [4.69, 9.17) is 14.2 Å². The molecule has 0 amide bonds. The number of hydrogen-bond acceptors (Lipinski definition) is 10. The van der Waals surface area contributed by atoms with Crippen LogP contribution in [0.1, 0.15) is 85.5 Å². The molecule has 2 saturated heterocycles. The maximum absolute atomic E-state index is 12.6. The second kappa shape index (κ2) is 11.3. The highest BCUT2D eigenvalue weighted by Crippen LogP contribution is 2.71. The van der Waals surface area contributed by atoms with Crippen LogP contribution in [-0.2, 0) is 23.8 Å². The molecule has 2 heterocycles. The molecule has 0 aromatic heterocycles. The van der Waals surface area contributed by atoms with Crippen LogP contribution in [0, 0.1) is 52.3 Å². The van der Waals surface area contributed by atoms with Gasteiger partial charge in [0.2, 0.25) is 0 Å². The summed E-state index contributed by atoms with van der Waals surface area (Å²) >= 11 is 0. The highest BCUT2D eigenvalue weighted by Gasteiger charge is 2.69. The van der Waals surface area contributed by atoms with Gasteiger partial charge < -0.3 is 44.5 Å². The molecule has 0 radical (unpaired) electrons. The van der Waals surface area contributed by atoms with Gasteiger partial charge in [0.05, 0.1) is 18.8 Å². The van der Waals surface area contributed by atoms with Crippen LogP contribution in [0.2, 0.25) is 0 Å². The number of esters is 1. The largest absolute Gasteiger partial charge is 0.458 e. The van der Waals surface area contributed by atoms with Crippen molar-refractivity contribution < 1.29 is 49.3 Å². The molecule has 0 bridgehead atoms. The maximum Gasteiger partial charge on any atom is 0.338 e. The number of carbonyl (C=O) groups is 2. The van der Waals surface area contributed by atoms with Gasteiger partial charge in [-0.2, -0.15) is 0 Å². The van der Waals surface area contributed by atoms with Crippen molar-refractivity contribution in [3.05, 3.63) is 0 Å². The number of ether oxygens (including phenoxy) is 3. The fourth-order valence-electron chi connectivity index (χ4n) is 11.2. The quantitative estimate of drug-likeness (QED) is 0.223. The molecule has 4 aliphatic carbocycles. The van der Waals surface area contributed by atoms with Crippen LogP contribution in [0.5, 0.6) is 0 Å². The zero-order valence-corrected chi connectivity index (χ0v) is 26.0. The lowest BCUT2D eigenvalue weighted by Gasteiger charge is -2.62. The van der Waals surface area contributed by atoms with Gasteiger partial charge in [0, 0.05) is 12.3 Å². The average molecular weight is 609 g/mol. The fraction of sp³-hybridized carbons (Fsp3) is 0.939. The first-order valence-electron chi connectivity index (χ1n) is 16.6. The fourth-order valence-corrected chi connectivity index (χ4v) is 11.2. The lowest BCUT2D eigenvalue weighted by Crippen LogP contribution is -2.58. The van der Waals surface area contributed by atoms with Crippen LogP contribution in [0.4, 0.5) is 0 Å². The molecular formula is C33H52O10. The van der Waals surface area contributed by atoms with Crippen molar-refractivity contribution in [2.24, 2.45) is 52.3 Å². The van der Waals surface area contributed by atoms with Crippen molar-refractivity contribution in [1.82, 2.24) is 0 Å². The van der Waals surface area contributed by atoms with Crippen LogP contribution in [0.3, 0.4) is 0 Å². The van der Waals surface area contributed by atoms with Gasteiger partial charge in [0.25, 0.3) is 0 Å². The average Bonchev–Trinajstić information content (AvgIpc) is 3.42. The third-order valence-corrected chi connectivity index (χ3v) is 13.6. The Morgan fingerprint density at radius 1 is 0.953 bits per heavy atom. The van der Waals surface area contributed by atoms with E-state index < -0.39 is 48.4 Å². The van der Waals surface area contributed by atoms with Gasteiger partial charge >= 0.3 is 5.97 Å². The highest BCUT2D eigenvalue weighted by atomic mass is 16.7. The van der Waals surface area contributed by atoms with Gasteiger partial charge in [0.15, 0.2) is 18.2 Å². The summed E-state index contributed by atoms with van der Waals surface area (Å²) in [5.74, 6) is 1.64.